The normalized spacial score (nSPS) is 14.9. The molecule has 0 amide bonds. The second kappa shape index (κ2) is 5.86. The Bertz CT molecular complexity index is 825. The maximum atomic E-state index is 5.83. The Morgan fingerprint density at radius 2 is 2.22 bits per heavy atom. The average Bonchev–Trinajstić information content (AvgIpc) is 3.18. The number of hydrogen-bond acceptors (Lipinski definition) is 6. The first-order valence-corrected chi connectivity index (χ1v) is 8.61. The zero-order valence-corrected chi connectivity index (χ0v) is 14.1. The van der Waals surface area contributed by atoms with Crippen LogP contribution in [0.5, 0.6) is 0 Å². The highest BCUT2D eigenvalue weighted by Gasteiger charge is 2.21. The number of fused-ring (bicyclic) bond motifs is 1. The Hall–Kier alpha value is -2.05. The topological polar surface area (TPSA) is 55.1 Å². The van der Waals surface area contributed by atoms with Crippen LogP contribution in [0.1, 0.15) is 28.5 Å². The zero-order chi connectivity index (χ0) is 15.8. The smallest absolute Gasteiger partial charge is 0.236 e. The molecule has 0 bridgehead atoms. The molecule has 1 aliphatic rings. The third-order valence-corrected chi connectivity index (χ3v) is 4.99. The van der Waals surface area contributed by atoms with E-state index in [0.29, 0.717) is 0 Å². The molecule has 0 N–H and O–H groups in total. The van der Waals surface area contributed by atoms with Crippen molar-refractivity contribution in [1.82, 2.24) is 19.9 Å². The molecular weight excluding hydrogens is 308 g/mol. The largest absolute Gasteiger partial charge is 0.440 e. The van der Waals surface area contributed by atoms with Crippen LogP contribution in [0.2, 0.25) is 0 Å². The van der Waals surface area contributed by atoms with Crippen LogP contribution in [0.25, 0.3) is 10.8 Å². The van der Waals surface area contributed by atoms with E-state index in [1.807, 2.05) is 37.6 Å². The molecule has 0 aliphatic carbocycles. The molecule has 3 aromatic rings. The fourth-order valence-electron chi connectivity index (χ4n) is 2.90. The lowest BCUT2D eigenvalue weighted by molar-refractivity contribution is 0.239. The Morgan fingerprint density at radius 1 is 1.30 bits per heavy atom. The number of hydrogen-bond donors (Lipinski definition) is 0. The summed E-state index contributed by atoms with van der Waals surface area (Å²) in [7, 11) is 0. The molecule has 6 heteroatoms. The maximum Gasteiger partial charge on any atom is 0.236 e. The molecule has 0 fully saturated rings. The molecular formula is C17H18N4OS. The molecule has 0 radical (unpaired) electrons. The molecule has 1 aliphatic heterocycles. The second-order valence-corrected chi connectivity index (χ2v) is 6.80. The van der Waals surface area contributed by atoms with E-state index in [1.165, 1.54) is 11.3 Å². The van der Waals surface area contributed by atoms with Crippen LogP contribution in [0, 0.1) is 13.8 Å². The Balaban J connectivity index is 1.52. The molecule has 0 atom stereocenters. The Morgan fingerprint density at radius 3 is 3.04 bits per heavy atom. The van der Waals surface area contributed by atoms with Gasteiger partial charge in [-0.05, 0) is 25.3 Å². The van der Waals surface area contributed by atoms with Gasteiger partial charge < -0.3 is 4.42 Å². The van der Waals surface area contributed by atoms with Gasteiger partial charge in [-0.1, -0.05) is 6.07 Å². The molecule has 118 valence electrons. The number of rotatable bonds is 3. The summed E-state index contributed by atoms with van der Waals surface area (Å²) in [6.45, 7) is 6.59. The minimum atomic E-state index is 0.726. The fourth-order valence-corrected chi connectivity index (χ4v) is 3.55. The van der Waals surface area contributed by atoms with E-state index in [2.05, 4.69) is 19.9 Å². The van der Waals surface area contributed by atoms with Crippen molar-refractivity contribution >= 4 is 11.3 Å². The lowest BCUT2D eigenvalue weighted by Crippen LogP contribution is -2.31. The van der Waals surface area contributed by atoms with E-state index < -0.39 is 0 Å². The minimum Gasteiger partial charge on any atom is -0.440 e. The molecule has 0 saturated carbocycles. The number of nitrogens with zero attached hydrogens (tertiary/aromatic N) is 4. The average molecular weight is 326 g/mol. The van der Waals surface area contributed by atoms with Crippen molar-refractivity contribution in [2.24, 2.45) is 0 Å². The van der Waals surface area contributed by atoms with Gasteiger partial charge >= 0.3 is 0 Å². The van der Waals surface area contributed by atoms with Crippen molar-refractivity contribution in [2.45, 2.75) is 33.4 Å². The van der Waals surface area contributed by atoms with Gasteiger partial charge in [-0.3, -0.25) is 4.90 Å². The predicted molar refractivity (Wildman–Crippen MR) is 89.1 cm³/mol. The van der Waals surface area contributed by atoms with Gasteiger partial charge in [-0.2, -0.15) is 0 Å². The van der Waals surface area contributed by atoms with Crippen molar-refractivity contribution < 1.29 is 4.42 Å². The van der Waals surface area contributed by atoms with E-state index in [0.717, 1.165) is 54.1 Å². The van der Waals surface area contributed by atoms with E-state index in [4.69, 9.17) is 4.42 Å². The molecule has 0 saturated heterocycles. The summed E-state index contributed by atoms with van der Waals surface area (Å²) in [5.41, 5.74) is 3.43. The van der Waals surface area contributed by atoms with Crippen LogP contribution in [-0.2, 0) is 19.5 Å². The van der Waals surface area contributed by atoms with Gasteiger partial charge in [0, 0.05) is 43.5 Å². The van der Waals surface area contributed by atoms with Crippen LogP contribution in [-0.4, -0.2) is 26.4 Å². The number of aromatic nitrogens is 3. The molecule has 3 aromatic heterocycles. The van der Waals surface area contributed by atoms with Crippen molar-refractivity contribution in [3.8, 4) is 10.8 Å². The molecule has 23 heavy (non-hydrogen) atoms. The number of thiophene rings is 1. The van der Waals surface area contributed by atoms with Gasteiger partial charge in [0.25, 0.3) is 0 Å². The van der Waals surface area contributed by atoms with Crippen molar-refractivity contribution in [1.29, 1.82) is 0 Å². The fraction of sp³-hybridized carbons (Fsp3) is 0.353. The van der Waals surface area contributed by atoms with Crippen LogP contribution >= 0.6 is 11.3 Å². The Kier molecular flexibility index (Phi) is 3.71. The highest BCUT2D eigenvalue weighted by molar-refractivity contribution is 7.13. The SMILES string of the molecule is Cc1ncc2c(n1)CCN(Cc1nc(-c3cccs3)oc1C)C2. The lowest BCUT2D eigenvalue weighted by atomic mass is 10.1. The van der Waals surface area contributed by atoms with Crippen LogP contribution < -0.4 is 0 Å². The molecule has 4 rings (SSSR count). The van der Waals surface area contributed by atoms with Crippen LogP contribution in [0.15, 0.2) is 28.1 Å². The minimum absolute atomic E-state index is 0.726. The summed E-state index contributed by atoms with van der Waals surface area (Å²) in [4.78, 5) is 17.0. The van der Waals surface area contributed by atoms with Crippen LogP contribution in [0.3, 0.4) is 0 Å². The summed E-state index contributed by atoms with van der Waals surface area (Å²) >= 11 is 1.65. The summed E-state index contributed by atoms with van der Waals surface area (Å²) in [6.07, 6.45) is 2.92. The molecule has 4 heterocycles. The number of aryl methyl sites for hydroxylation is 2. The van der Waals surface area contributed by atoms with Crippen molar-refractivity contribution in [2.75, 3.05) is 6.54 Å². The lowest BCUT2D eigenvalue weighted by Gasteiger charge is -2.27. The first-order valence-electron chi connectivity index (χ1n) is 7.73. The standard InChI is InChI=1S/C17H18N4OS/c1-11-15(20-17(22-11)16-4-3-7-23-16)10-21-6-5-14-13(9-21)8-18-12(2)19-14/h3-4,7-8H,5-6,9-10H2,1-2H3. The predicted octanol–water partition coefficient (Wildman–Crippen LogP) is 3.37. The highest BCUT2D eigenvalue weighted by atomic mass is 32.1. The van der Waals surface area contributed by atoms with E-state index in [-0.39, 0.29) is 0 Å². The maximum absolute atomic E-state index is 5.83. The van der Waals surface area contributed by atoms with Crippen molar-refractivity contribution in [3.05, 3.63) is 52.2 Å². The van der Waals surface area contributed by atoms with Gasteiger partial charge in [0.15, 0.2) is 0 Å². The summed E-state index contributed by atoms with van der Waals surface area (Å²) in [5.74, 6) is 2.48. The quantitative estimate of drug-likeness (QED) is 0.738. The third-order valence-electron chi connectivity index (χ3n) is 4.13. The van der Waals surface area contributed by atoms with Gasteiger partial charge in [0.05, 0.1) is 10.6 Å². The molecule has 0 aromatic carbocycles. The Labute approximate surface area is 139 Å². The summed E-state index contributed by atoms with van der Waals surface area (Å²) < 4.78 is 5.83. The summed E-state index contributed by atoms with van der Waals surface area (Å²) in [5, 5.41) is 2.04. The second-order valence-electron chi connectivity index (χ2n) is 5.85. The summed E-state index contributed by atoms with van der Waals surface area (Å²) in [6, 6.07) is 4.05. The molecule has 0 unspecified atom stereocenters. The third kappa shape index (κ3) is 2.92. The van der Waals surface area contributed by atoms with E-state index >= 15 is 0 Å². The van der Waals surface area contributed by atoms with Gasteiger partial charge in [-0.25, -0.2) is 15.0 Å². The van der Waals surface area contributed by atoms with Gasteiger partial charge in [0.1, 0.15) is 11.6 Å². The monoisotopic (exact) mass is 326 g/mol. The van der Waals surface area contributed by atoms with Crippen LogP contribution in [0.4, 0.5) is 0 Å². The van der Waals surface area contributed by atoms with E-state index in [1.54, 1.807) is 11.3 Å². The molecule has 5 nitrogen and oxygen atoms in total. The van der Waals surface area contributed by atoms with Gasteiger partial charge in [0.2, 0.25) is 5.89 Å². The highest BCUT2D eigenvalue weighted by Crippen LogP contribution is 2.27. The number of oxazole rings is 1. The van der Waals surface area contributed by atoms with Gasteiger partial charge in [-0.15, -0.1) is 11.3 Å². The van der Waals surface area contributed by atoms with E-state index in [9.17, 15) is 0 Å². The first-order chi connectivity index (χ1) is 11.2. The first kappa shape index (κ1) is 14.5. The molecule has 0 spiro atoms. The zero-order valence-electron chi connectivity index (χ0n) is 13.2. The van der Waals surface area contributed by atoms with Crippen molar-refractivity contribution in [3.63, 3.8) is 0 Å².